The minimum atomic E-state index is -0.923. The summed E-state index contributed by atoms with van der Waals surface area (Å²) in [5.41, 5.74) is 0.868. The van der Waals surface area contributed by atoms with Crippen molar-refractivity contribution in [1.29, 1.82) is 0 Å². The zero-order chi connectivity index (χ0) is 26.7. The molecule has 2 aromatic rings. The molecule has 0 radical (unpaired) electrons. The van der Waals surface area contributed by atoms with E-state index in [-0.39, 0.29) is 25.7 Å². The highest BCUT2D eigenvalue weighted by molar-refractivity contribution is 5.89. The quantitative estimate of drug-likeness (QED) is 0.487. The number of ether oxygens (including phenoxy) is 7. The molecule has 0 aliphatic carbocycles. The molecule has 7 atom stereocenters. The van der Waals surface area contributed by atoms with Crippen LogP contribution in [0.2, 0.25) is 0 Å². The van der Waals surface area contributed by atoms with Gasteiger partial charge in [0, 0.05) is 12.3 Å². The predicted molar refractivity (Wildman–Crippen MR) is 131 cm³/mol. The number of benzene rings is 2. The lowest BCUT2D eigenvalue weighted by Crippen LogP contribution is -2.37. The van der Waals surface area contributed by atoms with E-state index in [2.05, 4.69) is 0 Å². The van der Waals surface area contributed by atoms with E-state index in [1.807, 2.05) is 12.1 Å². The first-order valence-electron chi connectivity index (χ1n) is 12.7. The van der Waals surface area contributed by atoms with Crippen LogP contribution in [0.15, 0.2) is 60.7 Å². The number of rotatable bonds is 9. The SMILES string of the molecule is CC1(C)O[C@H]2O[C@H](CO[C@H]3C[C@H](COC(=O)c4ccccc4)[C@@H](COC(=O)c4ccccc4)O3)[C@H](O)[C@H]2O1. The molecule has 0 saturated carbocycles. The summed E-state index contributed by atoms with van der Waals surface area (Å²) in [4.78, 5) is 24.9. The van der Waals surface area contributed by atoms with Gasteiger partial charge in [0.2, 0.25) is 0 Å². The van der Waals surface area contributed by atoms with E-state index in [9.17, 15) is 14.7 Å². The van der Waals surface area contributed by atoms with E-state index in [0.29, 0.717) is 17.5 Å². The first kappa shape index (κ1) is 26.7. The van der Waals surface area contributed by atoms with Gasteiger partial charge in [-0.1, -0.05) is 36.4 Å². The Labute approximate surface area is 220 Å². The number of esters is 2. The summed E-state index contributed by atoms with van der Waals surface area (Å²) in [5.74, 6) is -2.04. The maximum atomic E-state index is 12.5. The summed E-state index contributed by atoms with van der Waals surface area (Å²) in [5, 5.41) is 10.6. The van der Waals surface area contributed by atoms with Crippen LogP contribution in [0, 0.1) is 5.92 Å². The number of aliphatic hydroxyl groups excluding tert-OH is 1. The van der Waals surface area contributed by atoms with Crippen molar-refractivity contribution in [3.63, 3.8) is 0 Å². The standard InChI is InChI=1S/C28H32O10/c1-28(2)37-24-23(29)21(36-27(24)38-28)16-32-22-13-19(14-33-25(30)17-9-5-3-6-10-17)20(35-22)15-34-26(31)18-11-7-4-8-12-18/h3-12,19-24,27,29H,13-16H2,1-2H3/t19-,20-,21-,22-,23+,24-,27-/m1/s1. The Morgan fingerprint density at radius 2 is 1.45 bits per heavy atom. The summed E-state index contributed by atoms with van der Waals surface area (Å²) in [6, 6.07) is 17.3. The third-order valence-electron chi connectivity index (χ3n) is 6.73. The molecule has 3 aliphatic heterocycles. The number of carbonyl (C=O) groups excluding carboxylic acids is 2. The average molecular weight is 529 g/mol. The fraction of sp³-hybridized carbons (Fsp3) is 0.500. The van der Waals surface area contributed by atoms with Gasteiger partial charge in [-0.05, 0) is 38.1 Å². The number of carbonyl (C=O) groups is 2. The Balaban J connectivity index is 1.17. The average Bonchev–Trinajstić information content (AvgIpc) is 3.55. The Bertz CT molecular complexity index is 1030. The van der Waals surface area contributed by atoms with Crippen LogP contribution in [0.5, 0.6) is 0 Å². The van der Waals surface area contributed by atoms with E-state index < -0.39 is 54.7 Å². The molecule has 3 aliphatic rings. The van der Waals surface area contributed by atoms with Crippen molar-refractivity contribution in [3.05, 3.63) is 71.8 Å². The second-order valence-electron chi connectivity index (χ2n) is 10.00. The van der Waals surface area contributed by atoms with Crippen molar-refractivity contribution in [2.75, 3.05) is 19.8 Å². The predicted octanol–water partition coefficient (Wildman–Crippen LogP) is 2.69. The lowest BCUT2D eigenvalue weighted by atomic mass is 10.0. The lowest BCUT2D eigenvalue weighted by Gasteiger charge is -2.23. The summed E-state index contributed by atoms with van der Waals surface area (Å²) >= 11 is 0. The van der Waals surface area contributed by atoms with E-state index in [1.165, 1.54) is 0 Å². The molecular formula is C28H32O10. The third kappa shape index (κ3) is 6.23. The highest BCUT2D eigenvalue weighted by atomic mass is 16.8. The van der Waals surface area contributed by atoms with Crippen LogP contribution in [-0.4, -0.2) is 79.6 Å². The van der Waals surface area contributed by atoms with Crippen LogP contribution in [-0.2, 0) is 33.2 Å². The van der Waals surface area contributed by atoms with Crippen LogP contribution in [0.1, 0.15) is 41.0 Å². The lowest BCUT2D eigenvalue weighted by molar-refractivity contribution is -0.230. The van der Waals surface area contributed by atoms with Crippen molar-refractivity contribution < 1.29 is 47.9 Å². The molecule has 38 heavy (non-hydrogen) atoms. The Morgan fingerprint density at radius 3 is 2.05 bits per heavy atom. The van der Waals surface area contributed by atoms with Gasteiger partial charge in [-0.15, -0.1) is 0 Å². The molecule has 1 N–H and O–H groups in total. The zero-order valence-corrected chi connectivity index (χ0v) is 21.3. The molecule has 5 rings (SSSR count). The zero-order valence-electron chi connectivity index (χ0n) is 21.3. The Morgan fingerprint density at radius 1 is 0.842 bits per heavy atom. The van der Waals surface area contributed by atoms with E-state index in [0.717, 1.165) is 0 Å². The van der Waals surface area contributed by atoms with Gasteiger partial charge < -0.3 is 38.3 Å². The van der Waals surface area contributed by atoms with E-state index in [1.54, 1.807) is 62.4 Å². The van der Waals surface area contributed by atoms with Gasteiger partial charge in [0.05, 0.1) is 24.3 Å². The molecule has 0 spiro atoms. The van der Waals surface area contributed by atoms with Crippen LogP contribution in [0.4, 0.5) is 0 Å². The van der Waals surface area contributed by atoms with Gasteiger partial charge in [-0.25, -0.2) is 9.59 Å². The number of hydrogen-bond acceptors (Lipinski definition) is 10. The number of aliphatic hydroxyl groups is 1. The normalized spacial score (nSPS) is 31.6. The maximum absolute atomic E-state index is 12.5. The minimum absolute atomic E-state index is 0.0371. The second kappa shape index (κ2) is 11.5. The van der Waals surface area contributed by atoms with E-state index >= 15 is 0 Å². The van der Waals surface area contributed by atoms with Crippen molar-refractivity contribution in [2.24, 2.45) is 5.92 Å². The first-order valence-corrected chi connectivity index (χ1v) is 12.7. The Kier molecular flexibility index (Phi) is 8.08. The summed E-state index contributed by atoms with van der Waals surface area (Å²) < 4.78 is 40.2. The van der Waals surface area contributed by atoms with Gasteiger partial charge in [0.25, 0.3) is 0 Å². The van der Waals surface area contributed by atoms with Gasteiger partial charge in [-0.3, -0.25) is 0 Å². The Hall–Kier alpha value is -2.86. The molecule has 0 amide bonds. The third-order valence-corrected chi connectivity index (χ3v) is 6.73. The molecule has 3 fully saturated rings. The van der Waals surface area contributed by atoms with Gasteiger partial charge >= 0.3 is 11.9 Å². The first-order chi connectivity index (χ1) is 18.3. The smallest absolute Gasteiger partial charge is 0.338 e. The van der Waals surface area contributed by atoms with Gasteiger partial charge in [0.1, 0.15) is 31.0 Å². The molecule has 204 valence electrons. The van der Waals surface area contributed by atoms with Crippen LogP contribution >= 0.6 is 0 Å². The van der Waals surface area contributed by atoms with Crippen molar-refractivity contribution in [1.82, 2.24) is 0 Å². The van der Waals surface area contributed by atoms with Crippen molar-refractivity contribution >= 4 is 11.9 Å². The largest absolute Gasteiger partial charge is 0.462 e. The maximum Gasteiger partial charge on any atom is 0.338 e. The van der Waals surface area contributed by atoms with E-state index in [4.69, 9.17) is 33.2 Å². The molecule has 0 unspecified atom stereocenters. The molecule has 3 heterocycles. The molecule has 3 saturated heterocycles. The fourth-order valence-electron chi connectivity index (χ4n) is 4.77. The van der Waals surface area contributed by atoms with Gasteiger partial charge in [-0.2, -0.15) is 0 Å². The van der Waals surface area contributed by atoms with Gasteiger partial charge in [0.15, 0.2) is 18.4 Å². The fourth-order valence-corrected chi connectivity index (χ4v) is 4.77. The summed E-state index contributed by atoms with van der Waals surface area (Å²) in [6.45, 7) is 3.58. The molecule has 0 aromatic heterocycles. The van der Waals surface area contributed by atoms with Crippen LogP contribution in [0.3, 0.4) is 0 Å². The second-order valence-corrected chi connectivity index (χ2v) is 10.00. The summed E-state index contributed by atoms with van der Waals surface area (Å²) in [7, 11) is 0. The molecule has 0 bridgehead atoms. The molecule has 2 aromatic carbocycles. The molecular weight excluding hydrogens is 496 g/mol. The topological polar surface area (TPSA) is 119 Å². The van der Waals surface area contributed by atoms with Crippen LogP contribution < -0.4 is 0 Å². The number of hydrogen-bond donors (Lipinski definition) is 1. The minimum Gasteiger partial charge on any atom is -0.462 e. The highest BCUT2D eigenvalue weighted by Crippen LogP contribution is 2.38. The number of fused-ring (bicyclic) bond motifs is 1. The van der Waals surface area contributed by atoms with Crippen LogP contribution in [0.25, 0.3) is 0 Å². The van der Waals surface area contributed by atoms with Crippen molar-refractivity contribution in [3.8, 4) is 0 Å². The monoisotopic (exact) mass is 528 g/mol. The highest BCUT2D eigenvalue weighted by Gasteiger charge is 2.54. The molecule has 10 nitrogen and oxygen atoms in total. The molecule has 10 heteroatoms. The van der Waals surface area contributed by atoms with Crippen molar-refractivity contribution in [2.45, 2.75) is 63.1 Å². The summed E-state index contributed by atoms with van der Waals surface area (Å²) in [6.07, 6.45) is -3.69.